The van der Waals surface area contributed by atoms with Gasteiger partial charge < -0.3 is 4.90 Å². The zero-order valence-electron chi connectivity index (χ0n) is 15.8. The van der Waals surface area contributed by atoms with Gasteiger partial charge in [0.2, 0.25) is 0 Å². The van der Waals surface area contributed by atoms with Crippen LogP contribution >= 0.6 is 12.4 Å². The standard InChI is InChI=1S/C19H23F2N3O2S.ClH/c1-22(2)12-6-3-7-13-23-18-8-4-5-9-19(18)24(27(23,25)26)17-11-10-15(20)14-16(17)21;/h4-5,8-11,14H,3,6-7,12-13H2,1-2H3;1H. The van der Waals surface area contributed by atoms with Gasteiger partial charge in [-0.05, 0) is 57.7 Å². The number of nitrogens with zero attached hydrogens (tertiary/aromatic N) is 3. The number of para-hydroxylation sites is 2. The predicted octanol–water partition coefficient (Wildman–Crippen LogP) is 4.32. The van der Waals surface area contributed by atoms with E-state index in [-0.39, 0.29) is 18.1 Å². The Hall–Kier alpha value is -1.90. The molecule has 154 valence electrons. The number of fused-ring (bicyclic) bond motifs is 1. The fourth-order valence-electron chi connectivity index (χ4n) is 3.19. The highest BCUT2D eigenvalue weighted by Gasteiger charge is 2.41. The van der Waals surface area contributed by atoms with E-state index >= 15 is 0 Å². The average molecular weight is 432 g/mol. The SMILES string of the molecule is CN(C)CCCCCN1c2ccccc2N(c2ccc(F)cc2F)S1(=O)=O.Cl. The summed E-state index contributed by atoms with van der Waals surface area (Å²) in [6.07, 6.45) is 2.55. The van der Waals surface area contributed by atoms with Crippen molar-refractivity contribution in [2.45, 2.75) is 19.3 Å². The summed E-state index contributed by atoms with van der Waals surface area (Å²) in [5.74, 6) is -1.67. The summed E-state index contributed by atoms with van der Waals surface area (Å²) >= 11 is 0. The van der Waals surface area contributed by atoms with Crippen LogP contribution in [-0.4, -0.2) is 40.5 Å². The van der Waals surface area contributed by atoms with E-state index in [1.807, 2.05) is 14.1 Å². The van der Waals surface area contributed by atoms with Crippen molar-refractivity contribution >= 4 is 39.7 Å². The molecule has 0 radical (unpaired) electrons. The summed E-state index contributed by atoms with van der Waals surface area (Å²) < 4.78 is 56.1. The fourth-order valence-corrected chi connectivity index (χ4v) is 4.95. The second-order valence-corrected chi connectivity index (χ2v) is 8.49. The summed E-state index contributed by atoms with van der Waals surface area (Å²) in [7, 11) is 0.00753. The number of unbranched alkanes of at least 4 members (excludes halogenated alkanes) is 2. The van der Waals surface area contributed by atoms with Crippen LogP contribution in [0.4, 0.5) is 25.8 Å². The molecular weight excluding hydrogens is 408 g/mol. The van der Waals surface area contributed by atoms with E-state index in [1.54, 1.807) is 24.3 Å². The maximum atomic E-state index is 14.3. The highest BCUT2D eigenvalue weighted by Crippen LogP contribution is 2.45. The molecule has 1 heterocycles. The van der Waals surface area contributed by atoms with E-state index in [1.165, 1.54) is 4.31 Å². The molecule has 0 fully saturated rings. The van der Waals surface area contributed by atoms with Gasteiger partial charge in [-0.2, -0.15) is 8.42 Å². The Kier molecular flexibility index (Phi) is 7.25. The van der Waals surface area contributed by atoms with E-state index < -0.39 is 21.8 Å². The summed E-state index contributed by atoms with van der Waals surface area (Å²) in [5, 5.41) is 0. The number of benzene rings is 2. The largest absolute Gasteiger partial charge is 0.331 e. The molecule has 5 nitrogen and oxygen atoms in total. The lowest BCUT2D eigenvalue weighted by molar-refractivity contribution is 0.392. The molecule has 0 spiro atoms. The monoisotopic (exact) mass is 431 g/mol. The molecule has 2 aromatic rings. The topological polar surface area (TPSA) is 43.9 Å². The number of anilines is 3. The number of hydrogen-bond acceptors (Lipinski definition) is 3. The third-order valence-electron chi connectivity index (χ3n) is 4.47. The van der Waals surface area contributed by atoms with Crippen LogP contribution in [-0.2, 0) is 10.2 Å². The van der Waals surface area contributed by atoms with Gasteiger partial charge in [0.25, 0.3) is 0 Å². The smallest absolute Gasteiger partial charge is 0.309 e. The Morgan fingerprint density at radius 2 is 1.61 bits per heavy atom. The molecular formula is C19H24ClF2N3O2S. The van der Waals surface area contributed by atoms with Crippen molar-refractivity contribution in [2.24, 2.45) is 0 Å². The van der Waals surface area contributed by atoms with E-state index in [0.29, 0.717) is 30.4 Å². The summed E-state index contributed by atoms with van der Waals surface area (Å²) in [6.45, 7) is 1.25. The van der Waals surface area contributed by atoms with Gasteiger partial charge in [-0.3, -0.25) is 4.31 Å². The second-order valence-electron chi connectivity index (χ2n) is 6.79. The first kappa shape index (κ1) is 22.4. The van der Waals surface area contributed by atoms with E-state index in [0.717, 1.165) is 35.8 Å². The van der Waals surface area contributed by atoms with Crippen LogP contribution in [0.25, 0.3) is 0 Å². The third kappa shape index (κ3) is 4.39. The summed E-state index contributed by atoms with van der Waals surface area (Å²) in [6, 6.07) is 9.68. The lowest BCUT2D eigenvalue weighted by Gasteiger charge is -2.22. The van der Waals surface area contributed by atoms with Crippen molar-refractivity contribution in [3.63, 3.8) is 0 Å². The maximum Gasteiger partial charge on any atom is 0.331 e. The third-order valence-corrected chi connectivity index (χ3v) is 6.26. The van der Waals surface area contributed by atoms with Crippen molar-refractivity contribution in [3.05, 3.63) is 54.1 Å². The van der Waals surface area contributed by atoms with Gasteiger partial charge in [-0.1, -0.05) is 18.6 Å². The molecule has 0 amide bonds. The van der Waals surface area contributed by atoms with Crippen LogP contribution in [0.5, 0.6) is 0 Å². The molecule has 0 saturated heterocycles. The van der Waals surface area contributed by atoms with Crippen LogP contribution in [0.2, 0.25) is 0 Å². The molecule has 0 unspecified atom stereocenters. The van der Waals surface area contributed by atoms with Gasteiger partial charge in [-0.25, -0.2) is 13.1 Å². The van der Waals surface area contributed by atoms with Gasteiger partial charge in [-0.15, -0.1) is 12.4 Å². The van der Waals surface area contributed by atoms with Crippen molar-refractivity contribution in [1.82, 2.24) is 4.90 Å². The highest BCUT2D eigenvalue weighted by molar-refractivity contribution is 7.95. The van der Waals surface area contributed by atoms with E-state index in [9.17, 15) is 17.2 Å². The summed E-state index contributed by atoms with van der Waals surface area (Å²) in [4.78, 5) is 2.08. The molecule has 9 heteroatoms. The minimum absolute atomic E-state index is 0. The molecule has 2 aromatic carbocycles. The van der Waals surface area contributed by atoms with Crippen LogP contribution < -0.4 is 8.61 Å². The van der Waals surface area contributed by atoms with Gasteiger partial charge in [0, 0.05) is 12.6 Å². The van der Waals surface area contributed by atoms with E-state index in [2.05, 4.69) is 4.90 Å². The molecule has 3 rings (SSSR count). The maximum absolute atomic E-state index is 14.3. The van der Waals surface area contributed by atoms with Crippen LogP contribution in [0.15, 0.2) is 42.5 Å². The zero-order valence-corrected chi connectivity index (χ0v) is 17.4. The van der Waals surface area contributed by atoms with Crippen LogP contribution in [0.1, 0.15) is 19.3 Å². The second kappa shape index (κ2) is 9.07. The first-order valence-electron chi connectivity index (χ1n) is 8.84. The van der Waals surface area contributed by atoms with Crippen LogP contribution in [0, 0.1) is 11.6 Å². The highest BCUT2D eigenvalue weighted by atomic mass is 35.5. The summed E-state index contributed by atoms with van der Waals surface area (Å²) in [5.41, 5.74) is 0.698. The molecule has 1 aliphatic rings. The lowest BCUT2D eigenvalue weighted by atomic mass is 10.2. The molecule has 0 aromatic heterocycles. The lowest BCUT2D eigenvalue weighted by Crippen LogP contribution is -2.36. The molecule has 0 atom stereocenters. The van der Waals surface area contributed by atoms with Gasteiger partial charge in [0.1, 0.15) is 5.82 Å². The number of rotatable bonds is 7. The van der Waals surface area contributed by atoms with E-state index in [4.69, 9.17) is 0 Å². The minimum Gasteiger partial charge on any atom is -0.309 e. The number of halogens is 3. The van der Waals surface area contributed by atoms with Crippen molar-refractivity contribution in [2.75, 3.05) is 35.8 Å². The molecule has 0 N–H and O–H groups in total. The molecule has 28 heavy (non-hydrogen) atoms. The Morgan fingerprint density at radius 3 is 2.25 bits per heavy atom. The Bertz CT molecular complexity index is 925. The fraction of sp³-hybridized carbons (Fsp3) is 0.368. The van der Waals surface area contributed by atoms with Gasteiger partial charge in [0.05, 0.1) is 17.1 Å². The zero-order chi connectivity index (χ0) is 19.6. The molecule has 0 saturated carbocycles. The Balaban J connectivity index is 0.00000280. The predicted molar refractivity (Wildman–Crippen MR) is 111 cm³/mol. The first-order chi connectivity index (χ1) is 12.8. The van der Waals surface area contributed by atoms with Crippen molar-refractivity contribution in [1.29, 1.82) is 0 Å². The molecule has 1 aliphatic heterocycles. The van der Waals surface area contributed by atoms with Crippen molar-refractivity contribution < 1.29 is 17.2 Å². The van der Waals surface area contributed by atoms with Crippen molar-refractivity contribution in [3.8, 4) is 0 Å². The normalized spacial score (nSPS) is 14.9. The Labute approximate surface area is 171 Å². The van der Waals surface area contributed by atoms with Crippen LogP contribution in [0.3, 0.4) is 0 Å². The number of hydrogen-bond donors (Lipinski definition) is 0. The van der Waals surface area contributed by atoms with Gasteiger partial charge >= 0.3 is 10.2 Å². The average Bonchev–Trinajstić information content (AvgIpc) is 2.82. The molecule has 0 aliphatic carbocycles. The van der Waals surface area contributed by atoms with Gasteiger partial charge in [0.15, 0.2) is 5.82 Å². The minimum atomic E-state index is -3.99. The quantitative estimate of drug-likeness (QED) is 0.613. The molecule has 0 bridgehead atoms. The Morgan fingerprint density at radius 1 is 0.929 bits per heavy atom. The first-order valence-corrected chi connectivity index (χ1v) is 10.2.